The molecule has 2 saturated carbocycles. The van der Waals surface area contributed by atoms with Crippen LogP contribution in [0.4, 0.5) is 0 Å². The Labute approximate surface area is 209 Å². The average Bonchev–Trinajstić information content (AvgIpc) is 3.84. The molecule has 0 bridgehead atoms. The van der Waals surface area contributed by atoms with Crippen LogP contribution in [0.5, 0.6) is 11.5 Å². The smallest absolute Gasteiger partial charge is 0.233 e. The number of ether oxygens (including phenoxy) is 2. The fourth-order valence-corrected chi connectivity index (χ4v) is 6.00. The summed E-state index contributed by atoms with van der Waals surface area (Å²) in [7, 11) is 3.31. The standard InChI is InChI=1S/C27H30N4O3S/c1-33-22-14-19-12-13-30(25(17-6-4-3-5-7-17)21(19)15-23(22)34-2)24(32)16-35-27-29-28-26(18-8-9-18)31(27)20-10-11-20/h3-7,14-15,18,20,25H,8-13,16H2,1-2H3. The minimum atomic E-state index is -0.170. The highest BCUT2D eigenvalue weighted by atomic mass is 32.2. The zero-order valence-corrected chi connectivity index (χ0v) is 21.0. The van der Waals surface area contributed by atoms with Gasteiger partial charge in [-0.3, -0.25) is 4.79 Å². The first-order valence-corrected chi connectivity index (χ1v) is 13.3. The van der Waals surface area contributed by atoms with E-state index in [0.717, 1.165) is 34.3 Å². The molecular formula is C27H30N4O3S. The van der Waals surface area contributed by atoms with Gasteiger partial charge in [0.15, 0.2) is 16.7 Å². The van der Waals surface area contributed by atoms with Crippen LogP contribution in [-0.2, 0) is 11.2 Å². The molecule has 182 valence electrons. The molecule has 3 aliphatic rings. The van der Waals surface area contributed by atoms with Gasteiger partial charge in [0.05, 0.1) is 26.0 Å². The van der Waals surface area contributed by atoms with Crippen LogP contribution in [-0.4, -0.2) is 52.1 Å². The molecule has 2 aromatic carbocycles. The predicted molar refractivity (Wildman–Crippen MR) is 134 cm³/mol. The van der Waals surface area contributed by atoms with Crippen LogP contribution in [0.1, 0.15) is 66.2 Å². The quantitative estimate of drug-likeness (QED) is 0.424. The Morgan fingerprint density at radius 3 is 2.46 bits per heavy atom. The Balaban J connectivity index is 1.28. The van der Waals surface area contributed by atoms with E-state index in [4.69, 9.17) is 9.47 Å². The number of thioether (sulfide) groups is 1. The number of methoxy groups -OCH3 is 2. The van der Waals surface area contributed by atoms with Crippen molar-refractivity contribution in [3.8, 4) is 11.5 Å². The summed E-state index contributed by atoms with van der Waals surface area (Å²) >= 11 is 1.53. The van der Waals surface area contributed by atoms with E-state index < -0.39 is 0 Å². The van der Waals surface area contributed by atoms with Gasteiger partial charge in [-0.05, 0) is 60.9 Å². The molecule has 7 nitrogen and oxygen atoms in total. The van der Waals surface area contributed by atoms with Crippen LogP contribution in [0, 0.1) is 0 Å². The monoisotopic (exact) mass is 490 g/mol. The lowest BCUT2D eigenvalue weighted by molar-refractivity contribution is -0.130. The zero-order chi connectivity index (χ0) is 23.9. The molecule has 0 spiro atoms. The van der Waals surface area contributed by atoms with Crippen molar-refractivity contribution in [2.45, 2.75) is 55.3 Å². The maximum Gasteiger partial charge on any atom is 0.233 e. The number of carbonyl (C=O) groups excluding carboxylic acids is 1. The van der Waals surface area contributed by atoms with E-state index in [0.29, 0.717) is 30.0 Å². The minimum Gasteiger partial charge on any atom is -0.493 e. The number of fused-ring (bicyclic) bond motifs is 1. The van der Waals surface area contributed by atoms with E-state index in [1.165, 1.54) is 43.0 Å². The molecule has 0 N–H and O–H groups in total. The van der Waals surface area contributed by atoms with Crippen molar-refractivity contribution in [1.82, 2.24) is 19.7 Å². The van der Waals surface area contributed by atoms with Crippen LogP contribution in [0.3, 0.4) is 0 Å². The number of amides is 1. The number of hydrogen-bond acceptors (Lipinski definition) is 6. The third kappa shape index (κ3) is 4.29. The zero-order valence-electron chi connectivity index (χ0n) is 20.1. The second-order valence-corrected chi connectivity index (χ2v) is 10.5. The van der Waals surface area contributed by atoms with Gasteiger partial charge in [-0.15, -0.1) is 10.2 Å². The molecule has 0 saturated heterocycles. The minimum absolute atomic E-state index is 0.114. The van der Waals surface area contributed by atoms with Gasteiger partial charge >= 0.3 is 0 Å². The molecule has 0 radical (unpaired) electrons. The summed E-state index contributed by atoms with van der Waals surface area (Å²) in [5.74, 6) is 3.54. The third-order valence-electron chi connectivity index (χ3n) is 7.18. The SMILES string of the molecule is COc1cc2c(cc1OC)C(c1ccccc1)N(C(=O)CSc1nnc(C3CC3)n1C1CC1)CC2. The van der Waals surface area contributed by atoms with E-state index >= 15 is 0 Å². The van der Waals surface area contributed by atoms with Crippen LogP contribution >= 0.6 is 11.8 Å². The molecule has 1 aromatic heterocycles. The van der Waals surface area contributed by atoms with Gasteiger partial charge in [0.25, 0.3) is 0 Å². The van der Waals surface area contributed by atoms with Gasteiger partial charge in [-0.25, -0.2) is 0 Å². The summed E-state index contributed by atoms with van der Waals surface area (Å²) in [5.41, 5.74) is 3.38. The third-order valence-corrected chi connectivity index (χ3v) is 8.11. The fourth-order valence-electron chi connectivity index (χ4n) is 5.10. The number of aromatic nitrogens is 3. The van der Waals surface area contributed by atoms with Crippen molar-refractivity contribution >= 4 is 17.7 Å². The largest absolute Gasteiger partial charge is 0.493 e. The summed E-state index contributed by atoms with van der Waals surface area (Å²) in [6, 6.07) is 14.7. The van der Waals surface area contributed by atoms with E-state index in [1.807, 2.05) is 29.2 Å². The van der Waals surface area contributed by atoms with E-state index in [1.54, 1.807) is 14.2 Å². The maximum atomic E-state index is 13.7. The molecule has 1 atom stereocenters. The first-order valence-electron chi connectivity index (χ1n) is 12.3. The van der Waals surface area contributed by atoms with E-state index in [9.17, 15) is 4.79 Å². The van der Waals surface area contributed by atoms with E-state index in [2.05, 4.69) is 33.0 Å². The number of benzene rings is 2. The molecule has 1 unspecified atom stereocenters. The summed E-state index contributed by atoms with van der Waals surface area (Å²) in [5, 5.41) is 9.88. The molecule has 2 fully saturated rings. The molecule has 6 rings (SSSR count). The van der Waals surface area contributed by atoms with Crippen molar-refractivity contribution in [3.63, 3.8) is 0 Å². The van der Waals surface area contributed by atoms with E-state index in [-0.39, 0.29) is 11.9 Å². The molecule has 35 heavy (non-hydrogen) atoms. The van der Waals surface area contributed by atoms with Crippen LogP contribution in [0.25, 0.3) is 0 Å². The summed E-state index contributed by atoms with van der Waals surface area (Å²) in [6.07, 6.45) is 5.55. The van der Waals surface area contributed by atoms with Crippen LogP contribution in [0.15, 0.2) is 47.6 Å². The van der Waals surface area contributed by atoms with Gasteiger partial charge in [0.1, 0.15) is 5.82 Å². The van der Waals surface area contributed by atoms with Gasteiger partial charge in [-0.1, -0.05) is 42.1 Å². The maximum absolute atomic E-state index is 13.7. The van der Waals surface area contributed by atoms with Crippen molar-refractivity contribution < 1.29 is 14.3 Å². The average molecular weight is 491 g/mol. The molecule has 2 aliphatic carbocycles. The lowest BCUT2D eigenvalue weighted by Gasteiger charge is -2.38. The molecule has 1 amide bonds. The van der Waals surface area contributed by atoms with Crippen molar-refractivity contribution in [3.05, 3.63) is 65.0 Å². The fraction of sp³-hybridized carbons (Fsp3) is 0.444. The summed E-state index contributed by atoms with van der Waals surface area (Å²) in [4.78, 5) is 15.7. The Bertz CT molecular complexity index is 1240. The molecular weight excluding hydrogens is 460 g/mol. The topological polar surface area (TPSA) is 69.5 Å². The Hall–Kier alpha value is -3.00. The Morgan fingerprint density at radius 1 is 1.03 bits per heavy atom. The summed E-state index contributed by atoms with van der Waals surface area (Å²) in [6.45, 7) is 0.657. The Kier molecular flexibility index (Phi) is 5.92. The molecule has 3 aromatic rings. The van der Waals surface area contributed by atoms with Crippen LogP contribution in [0.2, 0.25) is 0 Å². The number of carbonyl (C=O) groups is 1. The predicted octanol–water partition coefficient (Wildman–Crippen LogP) is 4.77. The van der Waals surface area contributed by atoms with Crippen molar-refractivity contribution in [2.75, 3.05) is 26.5 Å². The number of nitrogens with zero attached hydrogens (tertiary/aromatic N) is 4. The van der Waals surface area contributed by atoms with Gasteiger partial charge in [0, 0.05) is 18.5 Å². The van der Waals surface area contributed by atoms with Crippen molar-refractivity contribution in [2.24, 2.45) is 0 Å². The molecule has 1 aliphatic heterocycles. The Morgan fingerprint density at radius 2 is 1.77 bits per heavy atom. The van der Waals surface area contributed by atoms with Crippen LogP contribution < -0.4 is 9.47 Å². The first-order chi connectivity index (χ1) is 17.2. The number of rotatable bonds is 8. The highest BCUT2D eigenvalue weighted by Gasteiger charge is 2.37. The molecule has 2 heterocycles. The second-order valence-electron chi connectivity index (χ2n) is 9.56. The highest BCUT2D eigenvalue weighted by molar-refractivity contribution is 7.99. The number of hydrogen-bond donors (Lipinski definition) is 0. The first kappa shape index (κ1) is 22.5. The van der Waals surface area contributed by atoms with Gasteiger partial charge in [0.2, 0.25) is 5.91 Å². The summed E-state index contributed by atoms with van der Waals surface area (Å²) < 4.78 is 13.5. The second kappa shape index (κ2) is 9.22. The van der Waals surface area contributed by atoms with Gasteiger partial charge in [-0.2, -0.15) is 0 Å². The van der Waals surface area contributed by atoms with Gasteiger partial charge < -0.3 is 18.9 Å². The highest BCUT2D eigenvalue weighted by Crippen LogP contribution is 2.46. The lowest BCUT2D eigenvalue weighted by atomic mass is 9.87. The lowest BCUT2D eigenvalue weighted by Crippen LogP contribution is -2.41. The normalized spacial score (nSPS) is 19.4. The van der Waals surface area contributed by atoms with Crippen molar-refractivity contribution in [1.29, 1.82) is 0 Å². The molecule has 8 heteroatoms.